The van der Waals surface area contributed by atoms with Gasteiger partial charge in [-0.2, -0.15) is 4.31 Å². The summed E-state index contributed by atoms with van der Waals surface area (Å²) in [7, 11) is -3.62. The summed E-state index contributed by atoms with van der Waals surface area (Å²) in [5.41, 5.74) is 1.84. The summed E-state index contributed by atoms with van der Waals surface area (Å²) in [6.45, 7) is 2.79. The van der Waals surface area contributed by atoms with Crippen molar-refractivity contribution >= 4 is 21.9 Å². The molecule has 1 aliphatic rings. The summed E-state index contributed by atoms with van der Waals surface area (Å²) in [6, 6.07) is 13.4. The largest absolute Gasteiger partial charge is 0.460 e. The van der Waals surface area contributed by atoms with Crippen LogP contribution in [0.4, 0.5) is 0 Å². The summed E-state index contributed by atoms with van der Waals surface area (Å²) < 4.78 is 37.2. The van der Waals surface area contributed by atoms with E-state index in [1.807, 2.05) is 19.1 Å². The lowest BCUT2D eigenvalue weighted by molar-refractivity contribution is -0.143. The highest BCUT2D eigenvalue weighted by molar-refractivity contribution is 7.89. The van der Waals surface area contributed by atoms with Crippen molar-refractivity contribution in [1.82, 2.24) is 9.62 Å². The number of esters is 1. The number of nitrogens with zero attached hydrogens (tertiary/aromatic N) is 1. The second-order valence-corrected chi connectivity index (χ2v) is 8.76. The summed E-state index contributed by atoms with van der Waals surface area (Å²) >= 11 is 0. The minimum absolute atomic E-state index is 0.0917. The zero-order chi connectivity index (χ0) is 21.6. The molecular formula is C21H24N2O6S. The molecule has 0 aliphatic carbocycles. The Bertz CT molecular complexity index is 1020. The Labute approximate surface area is 175 Å². The standard InChI is InChI=1S/C21H24N2O6S/c1-16-5-2-3-8-19(16)21(25)22-14-20(24)29-15-17-6-4-7-18(13-17)30(26,27)23-9-11-28-12-10-23/h2-8,13H,9-12,14-15H2,1H3,(H,22,25). The van der Waals surface area contributed by atoms with Gasteiger partial charge in [0.15, 0.2) is 0 Å². The lowest BCUT2D eigenvalue weighted by Gasteiger charge is -2.26. The molecule has 8 nitrogen and oxygen atoms in total. The smallest absolute Gasteiger partial charge is 0.325 e. The molecule has 1 fully saturated rings. The summed E-state index contributed by atoms with van der Waals surface area (Å²) in [5.74, 6) is -0.970. The normalized spacial score (nSPS) is 14.8. The summed E-state index contributed by atoms with van der Waals surface area (Å²) in [4.78, 5) is 24.3. The van der Waals surface area contributed by atoms with Crippen LogP contribution >= 0.6 is 0 Å². The molecule has 0 radical (unpaired) electrons. The highest BCUT2D eigenvalue weighted by Crippen LogP contribution is 2.18. The van der Waals surface area contributed by atoms with Gasteiger partial charge in [0.2, 0.25) is 10.0 Å². The molecule has 3 rings (SSSR count). The Kier molecular flexibility index (Phi) is 7.20. The third-order valence-electron chi connectivity index (χ3n) is 4.69. The van der Waals surface area contributed by atoms with E-state index in [2.05, 4.69) is 5.32 Å². The molecule has 30 heavy (non-hydrogen) atoms. The van der Waals surface area contributed by atoms with Crippen molar-refractivity contribution in [3.05, 3.63) is 65.2 Å². The van der Waals surface area contributed by atoms with Gasteiger partial charge in [-0.25, -0.2) is 8.42 Å². The third-order valence-corrected chi connectivity index (χ3v) is 6.58. The molecule has 1 saturated heterocycles. The molecule has 2 aromatic rings. The first-order valence-electron chi connectivity index (χ1n) is 9.54. The van der Waals surface area contributed by atoms with Crippen LogP contribution in [0.2, 0.25) is 0 Å². The predicted molar refractivity (Wildman–Crippen MR) is 109 cm³/mol. The predicted octanol–water partition coefficient (Wildman–Crippen LogP) is 1.49. The molecule has 9 heteroatoms. The van der Waals surface area contributed by atoms with E-state index in [-0.39, 0.29) is 24.0 Å². The topological polar surface area (TPSA) is 102 Å². The van der Waals surface area contributed by atoms with Crippen molar-refractivity contribution in [2.75, 3.05) is 32.8 Å². The fourth-order valence-electron chi connectivity index (χ4n) is 3.02. The molecule has 0 bridgehead atoms. The molecule has 0 unspecified atom stereocenters. The van der Waals surface area contributed by atoms with E-state index in [0.29, 0.717) is 37.4 Å². The number of rotatable bonds is 7. The second-order valence-electron chi connectivity index (χ2n) is 6.82. The zero-order valence-corrected chi connectivity index (χ0v) is 17.5. The van der Waals surface area contributed by atoms with Crippen LogP contribution in [0.25, 0.3) is 0 Å². The molecule has 1 amide bonds. The van der Waals surface area contributed by atoms with E-state index in [0.717, 1.165) is 5.56 Å². The quantitative estimate of drug-likeness (QED) is 0.665. The first kappa shape index (κ1) is 21.9. The average Bonchev–Trinajstić information content (AvgIpc) is 2.77. The number of sulfonamides is 1. The van der Waals surface area contributed by atoms with E-state index in [4.69, 9.17) is 9.47 Å². The van der Waals surface area contributed by atoms with Crippen LogP contribution in [0.1, 0.15) is 21.5 Å². The first-order chi connectivity index (χ1) is 14.4. The number of hydrogen-bond donors (Lipinski definition) is 1. The monoisotopic (exact) mass is 432 g/mol. The van der Waals surface area contributed by atoms with E-state index < -0.39 is 16.0 Å². The Morgan fingerprint density at radius 2 is 1.83 bits per heavy atom. The second kappa shape index (κ2) is 9.84. The molecule has 0 spiro atoms. The highest BCUT2D eigenvalue weighted by Gasteiger charge is 2.26. The van der Waals surface area contributed by atoms with Gasteiger partial charge in [-0.15, -0.1) is 0 Å². The number of ether oxygens (including phenoxy) is 2. The molecule has 160 valence electrons. The number of amides is 1. The van der Waals surface area contributed by atoms with E-state index in [1.54, 1.807) is 24.3 Å². The molecule has 0 saturated carbocycles. The van der Waals surface area contributed by atoms with Crippen molar-refractivity contribution in [3.63, 3.8) is 0 Å². The van der Waals surface area contributed by atoms with Gasteiger partial charge in [0, 0.05) is 18.7 Å². The van der Waals surface area contributed by atoms with Crippen molar-refractivity contribution in [1.29, 1.82) is 0 Å². The first-order valence-corrected chi connectivity index (χ1v) is 11.0. The van der Waals surface area contributed by atoms with Crippen LogP contribution in [0, 0.1) is 6.92 Å². The number of nitrogens with one attached hydrogen (secondary N) is 1. The Morgan fingerprint density at radius 3 is 2.57 bits per heavy atom. The van der Waals surface area contributed by atoms with Gasteiger partial charge in [-0.1, -0.05) is 30.3 Å². The maximum absolute atomic E-state index is 12.7. The molecule has 1 N–H and O–H groups in total. The highest BCUT2D eigenvalue weighted by atomic mass is 32.2. The van der Waals surface area contributed by atoms with Gasteiger partial charge in [0.1, 0.15) is 13.2 Å². The molecule has 1 heterocycles. The van der Waals surface area contributed by atoms with Crippen LogP contribution in [-0.2, 0) is 30.9 Å². The molecule has 2 aromatic carbocycles. The Morgan fingerprint density at radius 1 is 1.10 bits per heavy atom. The van der Waals surface area contributed by atoms with Gasteiger partial charge < -0.3 is 14.8 Å². The minimum atomic E-state index is -3.62. The number of carbonyl (C=O) groups excluding carboxylic acids is 2. The van der Waals surface area contributed by atoms with Gasteiger partial charge in [-0.3, -0.25) is 9.59 Å². The van der Waals surface area contributed by atoms with Crippen LogP contribution in [-0.4, -0.2) is 57.4 Å². The zero-order valence-electron chi connectivity index (χ0n) is 16.7. The van der Waals surface area contributed by atoms with Crippen LogP contribution in [0.15, 0.2) is 53.4 Å². The van der Waals surface area contributed by atoms with E-state index in [9.17, 15) is 18.0 Å². The summed E-state index contributed by atoms with van der Waals surface area (Å²) in [5, 5.41) is 2.53. The van der Waals surface area contributed by atoms with Crippen molar-refractivity contribution < 1.29 is 27.5 Å². The van der Waals surface area contributed by atoms with Gasteiger partial charge in [0.05, 0.1) is 18.1 Å². The van der Waals surface area contributed by atoms with Crippen LogP contribution in [0.5, 0.6) is 0 Å². The molecule has 0 atom stereocenters. The lowest BCUT2D eigenvalue weighted by atomic mass is 10.1. The lowest BCUT2D eigenvalue weighted by Crippen LogP contribution is -2.40. The molecular weight excluding hydrogens is 408 g/mol. The fraction of sp³-hybridized carbons (Fsp3) is 0.333. The van der Waals surface area contributed by atoms with Gasteiger partial charge in [0.25, 0.3) is 5.91 Å². The van der Waals surface area contributed by atoms with Crippen molar-refractivity contribution in [2.45, 2.75) is 18.4 Å². The fourth-order valence-corrected chi connectivity index (χ4v) is 4.50. The Balaban J connectivity index is 1.54. The number of carbonyl (C=O) groups is 2. The van der Waals surface area contributed by atoms with E-state index >= 15 is 0 Å². The van der Waals surface area contributed by atoms with Crippen LogP contribution in [0.3, 0.4) is 0 Å². The summed E-state index contributed by atoms with van der Waals surface area (Å²) in [6.07, 6.45) is 0. The van der Waals surface area contributed by atoms with Gasteiger partial charge >= 0.3 is 5.97 Å². The SMILES string of the molecule is Cc1ccccc1C(=O)NCC(=O)OCc1cccc(S(=O)(=O)N2CCOCC2)c1. The van der Waals surface area contributed by atoms with Crippen molar-refractivity contribution in [2.24, 2.45) is 0 Å². The molecule has 0 aromatic heterocycles. The minimum Gasteiger partial charge on any atom is -0.460 e. The third kappa shape index (κ3) is 5.44. The number of hydrogen-bond acceptors (Lipinski definition) is 6. The van der Waals surface area contributed by atoms with Crippen LogP contribution < -0.4 is 5.32 Å². The van der Waals surface area contributed by atoms with E-state index in [1.165, 1.54) is 16.4 Å². The molecule has 1 aliphatic heterocycles. The number of aryl methyl sites for hydroxylation is 1. The van der Waals surface area contributed by atoms with Crippen molar-refractivity contribution in [3.8, 4) is 0 Å². The number of benzene rings is 2. The van der Waals surface area contributed by atoms with Gasteiger partial charge in [-0.05, 0) is 36.2 Å². The average molecular weight is 432 g/mol. The Hall–Kier alpha value is -2.75. The maximum Gasteiger partial charge on any atom is 0.325 e. The number of morpholine rings is 1. The maximum atomic E-state index is 12.7.